The first kappa shape index (κ1) is 20.6. The summed E-state index contributed by atoms with van der Waals surface area (Å²) in [5.41, 5.74) is 3.00. The predicted molar refractivity (Wildman–Crippen MR) is 108 cm³/mol. The monoisotopic (exact) mass is 397 g/mol. The van der Waals surface area contributed by atoms with Crippen LogP contribution >= 0.6 is 0 Å². The van der Waals surface area contributed by atoms with E-state index in [-0.39, 0.29) is 6.61 Å². The number of benzene rings is 1. The van der Waals surface area contributed by atoms with E-state index in [1.807, 2.05) is 48.6 Å². The normalized spacial score (nSPS) is 11.2. The van der Waals surface area contributed by atoms with Gasteiger partial charge in [0.15, 0.2) is 0 Å². The Morgan fingerprint density at radius 1 is 0.862 bits per heavy atom. The maximum absolute atomic E-state index is 11.8. The summed E-state index contributed by atoms with van der Waals surface area (Å²) in [5.74, 6) is 0.539. The second-order valence-corrected chi connectivity index (χ2v) is 5.96. The maximum atomic E-state index is 11.8. The van der Waals surface area contributed by atoms with Crippen LogP contribution in [0, 0.1) is 0 Å². The number of alkyl halides is 1. The molecule has 3 aromatic rings. The van der Waals surface area contributed by atoms with Crippen LogP contribution in [0.2, 0.25) is 0 Å². The minimum Gasteiger partial charge on any atom is -0.475 e. The SMILES string of the molecule is [18F]CCOCCOCCOc1ccc(/C=C/c2ccc(-n3ccnn3)cc2)cn1. The molecule has 3 rings (SSSR count). The van der Waals surface area contributed by atoms with E-state index in [0.717, 1.165) is 16.8 Å². The summed E-state index contributed by atoms with van der Waals surface area (Å²) in [6.45, 7) is 1.25. The first-order valence-electron chi connectivity index (χ1n) is 9.30. The first-order valence-corrected chi connectivity index (χ1v) is 9.30. The topological polar surface area (TPSA) is 71.3 Å². The van der Waals surface area contributed by atoms with Crippen molar-refractivity contribution < 1.29 is 18.6 Å². The number of pyridine rings is 1. The third-order valence-corrected chi connectivity index (χ3v) is 3.88. The number of nitrogens with zero attached hydrogens (tertiary/aromatic N) is 4. The van der Waals surface area contributed by atoms with Crippen LogP contribution in [0.3, 0.4) is 0 Å². The highest BCUT2D eigenvalue weighted by atomic mass is 18.2. The molecule has 2 heterocycles. The van der Waals surface area contributed by atoms with E-state index in [0.29, 0.717) is 32.3 Å². The smallest absolute Gasteiger partial charge is 0.213 e. The maximum Gasteiger partial charge on any atom is 0.213 e. The van der Waals surface area contributed by atoms with Gasteiger partial charge in [-0.15, -0.1) is 5.10 Å². The minimum absolute atomic E-state index is 0.110. The van der Waals surface area contributed by atoms with Crippen molar-refractivity contribution in [1.29, 1.82) is 0 Å². The standard InChI is InChI=1S/C21H23FN4O3/c22-9-12-27-13-14-28-15-16-29-21-8-5-19(17-23-21)2-1-18-3-6-20(7-4-18)26-11-10-24-25-26/h1-8,10-11,17H,9,12-16H2/b2-1+/i22-1. The molecule has 0 aliphatic rings. The second kappa shape index (κ2) is 11.7. The lowest BCUT2D eigenvalue weighted by molar-refractivity contribution is 0.0320. The highest BCUT2D eigenvalue weighted by Gasteiger charge is 1.98. The number of rotatable bonds is 12. The molecular formula is C21H23FN4O3. The summed E-state index contributed by atoms with van der Waals surface area (Å²) < 4.78 is 29.4. The molecule has 0 N–H and O–H groups in total. The molecule has 29 heavy (non-hydrogen) atoms. The molecule has 0 amide bonds. The highest BCUT2D eigenvalue weighted by Crippen LogP contribution is 2.13. The van der Waals surface area contributed by atoms with Crippen molar-refractivity contribution >= 4 is 12.2 Å². The van der Waals surface area contributed by atoms with Gasteiger partial charge >= 0.3 is 0 Å². The molecule has 0 unspecified atom stereocenters. The van der Waals surface area contributed by atoms with Crippen LogP contribution in [0.15, 0.2) is 55.0 Å². The molecule has 7 nitrogen and oxygen atoms in total. The van der Waals surface area contributed by atoms with Crippen LogP contribution < -0.4 is 4.74 Å². The average Bonchev–Trinajstić information content (AvgIpc) is 3.30. The molecule has 8 heteroatoms. The fourth-order valence-corrected chi connectivity index (χ4v) is 2.43. The Hall–Kier alpha value is -3.10. The van der Waals surface area contributed by atoms with Crippen LogP contribution in [0.25, 0.3) is 17.8 Å². The van der Waals surface area contributed by atoms with Gasteiger partial charge in [0.25, 0.3) is 0 Å². The molecule has 2 aromatic heterocycles. The molecule has 0 saturated carbocycles. The summed E-state index contributed by atoms with van der Waals surface area (Å²) in [7, 11) is 0. The Bertz CT molecular complexity index is 853. The summed E-state index contributed by atoms with van der Waals surface area (Å²) in [4.78, 5) is 4.28. The zero-order chi connectivity index (χ0) is 20.2. The van der Waals surface area contributed by atoms with Crippen molar-refractivity contribution in [2.75, 3.05) is 39.7 Å². The molecule has 0 fully saturated rings. The lowest BCUT2D eigenvalue weighted by Gasteiger charge is -2.06. The van der Waals surface area contributed by atoms with Gasteiger partial charge in [-0.05, 0) is 29.3 Å². The van der Waals surface area contributed by atoms with Crippen molar-refractivity contribution in [2.45, 2.75) is 0 Å². The van der Waals surface area contributed by atoms with Crippen molar-refractivity contribution in [1.82, 2.24) is 20.0 Å². The molecule has 0 spiro atoms. The van der Waals surface area contributed by atoms with Gasteiger partial charge < -0.3 is 14.2 Å². The van der Waals surface area contributed by atoms with Crippen molar-refractivity contribution in [3.63, 3.8) is 0 Å². The van der Waals surface area contributed by atoms with Gasteiger partial charge in [-0.2, -0.15) is 0 Å². The quantitative estimate of drug-likeness (QED) is 0.437. The summed E-state index contributed by atoms with van der Waals surface area (Å²) in [5, 5.41) is 7.77. The Kier molecular flexibility index (Phi) is 8.31. The lowest BCUT2D eigenvalue weighted by Crippen LogP contribution is -2.11. The van der Waals surface area contributed by atoms with E-state index >= 15 is 0 Å². The zero-order valence-corrected chi connectivity index (χ0v) is 16.0. The molecule has 152 valence electrons. The van der Waals surface area contributed by atoms with Gasteiger partial charge in [0.05, 0.1) is 44.5 Å². The molecule has 0 aliphatic carbocycles. The number of hydrogen-bond acceptors (Lipinski definition) is 6. The van der Waals surface area contributed by atoms with Crippen molar-refractivity contribution in [2.24, 2.45) is 0 Å². The van der Waals surface area contributed by atoms with Crippen LogP contribution in [0.5, 0.6) is 5.88 Å². The first-order chi connectivity index (χ1) is 14.3. The van der Waals surface area contributed by atoms with Gasteiger partial charge in [-0.3, -0.25) is 0 Å². The van der Waals surface area contributed by atoms with Gasteiger partial charge in [0.1, 0.15) is 13.3 Å². The molecule has 0 atom stereocenters. The number of halogens is 1. The molecular weight excluding hydrogens is 374 g/mol. The van der Waals surface area contributed by atoms with Crippen molar-refractivity contribution in [3.8, 4) is 11.6 Å². The molecule has 1 aromatic carbocycles. The lowest BCUT2D eigenvalue weighted by atomic mass is 10.1. The predicted octanol–water partition coefficient (Wildman–Crippen LogP) is 3.21. The van der Waals surface area contributed by atoms with Gasteiger partial charge in [0, 0.05) is 12.3 Å². The fourth-order valence-electron chi connectivity index (χ4n) is 2.43. The minimum atomic E-state index is -0.476. The number of hydrogen-bond donors (Lipinski definition) is 0. The average molecular weight is 397 g/mol. The number of aromatic nitrogens is 4. The molecule has 0 saturated heterocycles. The van der Waals surface area contributed by atoms with Gasteiger partial charge in [-0.25, -0.2) is 14.1 Å². The van der Waals surface area contributed by atoms with Crippen LogP contribution in [0.1, 0.15) is 11.1 Å². The Balaban J connectivity index is 1.39. The van der Waals surface area contributed by atoms with E-state index in [1.165, 1.54) is 0 Å². The van der Waals surface area contributed by atoms with Crippen LogP contribution in [-0.2, 0) is 9.47 Å². The Morgan fingerprint density at radius 2 is 1.59 bits per heavy atom. The van der Waals surface area contributed by atoms with Crippen LogP contribution in [0.4, 0.5) is 4.39 Å². The molecule has 0 bridgehead atoms. The van der Waals surface area contributed by atoms with E-state index in [1.54, 1.807) is 23.3 Å². The summed E-state index contributed by atoms with van der Waals surface area (Å²) in [6, 6.07) is 11.8. The third kappa shape index (κ3) is 7.10. The largest absolute Gasteiger partial charge is 0.475 e. The molecule has 0 radical (unpaired) electrons. The Labute approximate surface area is 168 Å². The van der Waals surface area contributed by atoms with E-state index in [2.05, 4.69) is 15.3 Å². The van der Waals surface area contributed by atoms with E-state index < -0.39 is 6.67 Å². The van der Waals surface area contributed by atoms with Gasteiger partial charge in [-0.1, -0.05) is 29.5 Å². The fraction of sp³-hybridized carbons (Fsp3) is 0.286. The Morgan fingerprint density at radius 3 is 2.28 bits per heavy atom. The molecule has 0 aliphatic heterocycles. The van der Waals surface area contributed by atoms with Gasteiger partial charge in [0.2, 0.25) is 5.88 Å². The second-order valence-electron chi connectivity index (χ2n) is 5.96. The van der Waals surface area contributed by atoms with E-state index in [4.69, 9.17) is 14.2 Å². The van der Waals surface area contributed by atoms with Crippen LogP contribution in [-0.4, -0.2) is 59.7 Å². The summed E-state index contributed by atoms with van der Waals surface area (Å²) >= 11 is 0. The highest BCUT2D eigenvalue weighted by molar-refractivity contribution is 5.69. The van der Waals surface area contributed by atoms with E-state index in [9.17, 15) is 4.39 Å². The summed E-state index contributed by atoms with van der Waals surface area (Å²) in [6.07, 6.45) is 9.20. The van der Waals surface area contributed by atoms with Crippen molar-refractivity contribution in [3.05, 3.63) is 66.1 Å². The number of ether oxygens (including phenoxy) is 3. The zero-order valence-electron chi connectivity index (χ0n) is 16.0. The third-order valence-electron chi connectivity index (χ3n) is 3.88.